The van der Waals surface area contributed by atoms with E-state index in [4.69, 9.17) is 39.4 Å². The Labute approximate surface area is 251 Å². The van der Waals surface area contributed by atoms with Gasteiger partial charge in [0.05, 0.1) is 37.2 Å². The summed E-state index contributed by atoms with van der Waals surface area (Å²) >= 11 is 0. The molecule has 2 aromatic rings. The fourth-order valence-electron chi connectivity index (χ4n) is 4.54. The highest BCUT2D eigenvalue weighted by Gasteiger charge is 2.41. The van der Waals surface area contributed by atoms with E-state index in [2.05, 4.69) is 9.97 Å². The molecule has 1 aromatic heterocycles. The second-order valence-corrected chi connectivity index (χ2v) is 9.90. The van der Waals surface area contributed by atoms with Crippen LogP contribution in [-0.4, -0.2) is 109 Å². The van der Waals surface area contributed by atoms with Crippen molar-refractivity contribution in [3.05, 3.63) is 35.5 Å². The number of fused-ring (bicyclic) bond motifs is 1. The number of benzene rings is 1. The average Bonchev–Trinajstić information content (AvgIpc) is 2.97. The van der Waals surface area contributed by atoms with Gasteiger partial charge in [-0.2, -0.15) is 4.98 Å². The van der Waals surface area contributed by atoms with E-state index in [1.54, 1.807) is 29.3 Å². The van der Waals surface area contributed by atoms with Crippen LogP contribution in [0.2, 0.25) is 0 Å². The van der Waals surface area contributed by atoms with Gasteiger partial charge in [0.2, 0.25) is 5.88 Å². The summed E-state index contributed by atoms with van der Waals surface area (Å²) in [6.45, 7) is 6.29. The van der Waals surface area contributed by atoms with Crippen LogP contribution >= 0.6 is 0 Å². The number of likely N-dealkylation sites (tertiary alicyclic amines) is 1. The number of piperidine rings is 1. The predicted octanol–water partition coefficient (Wildman–Crippen LogP) is 0.921. The highest BCUT2D eigenvalue weighted by molar-refractivity contribution is 5.95. The van der Waals surface area contributed by atoms with Gasteiger partial charge in [-0.1, -0.05) is 0 Å². The number of aliphatic hydroxyl groups is 2. The van der Waals surface area contributed by atoms with Gasteiger partial charge >= 0.3 is 23.9 Å². The number of carbonyl (C=O) groups is 4. The molecule has 2 aliphatic heterocycles. The smallest absolute Gasteiger partial charge is 0.336 e. The Morgan fingerprint density at radius 1 is 0.955 bits per heavy atom. The molecule has 0 bridgehead atoms. The Balaban J connectivity index is 0.000000345. The summed E-state index contributed by atoms with van der Waals surface area (Å²) in [5.41, 5.74) is -2.87. The summed E-state index contributed by atoms with van der Waals surface area (Å²) in [6, 6.07) is 5.42. The first kappa shape index (κ1) is 33.8. The monoisotopic (exact) mass is 621 g/mol. The molecular formula is C28H35N3O13. The molecule has 1 amide bonds. The lowest BCUT2D eigenvalue weighted by molar-refractivity contribution is -0.170. The molecule has 5 N–H and O–H groups in total. The third-order valence-corrected chi connectivity index (χ3v) is 6.74. The Kier molecular flexibility index (Phi) is 11.3. The summed E-state index contributed by atoms with van der Waals surface area (Å²) in [7, 11) is 0. The SMILES string of the molecule is CCOc1ncc(C2(O)CCN(C(=O)c3ccc4c(c3)OCCO4)CC2)c(OCC)n1.O=C(O)CC(O)(CC(=O)O)C(=O)O. The maximum absolute atomic E-state index is 13.0. The second kappa shape index (κ2) is 14.7. The van der Waals surface area contributed by atoms with Gasteiger partial charge in [-0.15, -0.1) is 0 Å². The van der Waals surface area contributed by atoms with Crippen LogP contribution in [0.1, 0.15) is 55.5 Å². The van der Waals surface area contributed by atoms with Gasteiger partial charge in [-0.25, -0.2) is 9.78 Å². The summed E-state index contributed by atoms with van der Waals surface area (Å²) in [5.74, 6) is -3.58. The molecule has 0 unspecified atom stereocenters. The van der Waals surface area contributed by atoms with Gasteiger partial charge in [-0.05, 0) is 44.9 Å². The zero-order valence-electron chi connectivity index (χ0n) is 24.2. The van der Waals surface area contributed by atoms with Gasteiger partial charge in [0.1, 0.15) is 13.2 Å². The molecular weight excluding hydrogens is 586 g/mol. The van der Waals surface area contributed by atoms with Crippen LogP contribution in [0.5, 0.6) is 23.4 Å². The van der Waals surface area contributed by atoms with Crippen molar-refractivity contribution in [3.63, 3.8) is 0 Å². The molecule has 0 spiro atoms. The highest BCUT2D eigenvalue weighted by Crippen LogP contribution is 2.38. The minimum atomic E-state index is -2.74. The molecule has 1 aromatic carbocycles. The zero-order valence-corrected chi connectivity index (χ0v) is 24.2. The summed E-state index contributed by atoms with van der Waals surface area (Å²) in [4.78, 5) is 53.7. The maximum Gasteiger partial charge on any atom is 0.336 e. The van der Waals surface area contributed by atoms with Crippen LogP contribution in [0.4, 0.5) is 0 Å². The van der Waals surface area contributed by atoms with Crippen molar-refractivity contribution >= 4 is 23.8 Å². The van der Waals surface area contributed by atoms with Gasteiger partial charge in [0.15, 0.2) is 17.1 Å². The molecule has 240 valence electrons. The van der Waals surface area contributed by atoms with E-state index in [0.717, 1.165) is 0 Å². The van der Waals surface area contributed by atoms with Crippen LogP contribution < -0.4 is 18.9 Å². The number of carbonyl (C=O) groups excluding carboxylic acids is 1. The third kappa shape index (κ3) is 8.44. The van der Waals surface area contributed by atoms with Crippen molar-refractivity contribution in [2.75, 3.05) is 39.5 Å². The number of rotatable bonds is 11. The van der Waals surface area contributed by atoms with Crippen molar-refractivity contribution in [2.45, 2.75) is 50.7 Å². The highest BCUT2D eigenvalue weighted by atomic mass is 16.6. The predicted molar refractivity (Wildman–Crippen MR) is 148 cm³/mol. The molecule has 44 heavy (non-hydrogen) atoms. The van der Waals surface area contributed by atoms with E-state index < -0.39 is 42.0 Å². The van der Waals surface area contributed by atoms with Crippen LogP contribution in [-0.2, 0) is 20.0 Å². The van der Waals surface area contributed by atoms with Crippen molar-refractivity contribution in [1.29, 1.82) is 0 Å². The zero-order chi connectivity index (χ0) is 32.5. The lowest BCUT2D eigenvalue weighted by Crippen LogP contribution is -2.45. The number of amides is 1. The first-order chi connectivity index (χ1) is 20.8. The van der Waals surface area contributed by atoms with E-state index in [1.165, 1.54) is 0 Å². The topological polar surface area (TPSA) is 235 Å². The number of aliphatic carboxylic acids is 3. The van der Waals surface area contributed by atoms with Crippen molar-refractivity contribution in [2.24, 2.45) is 0 Å². The second-order valence-electron chi connectivity index (χ2n) is 9.90. The van der Waals surface area contributed by atoms with Crippen LogP contribution in [0.15, 0.2) is 24.4 Å². The molecule has 0 radical (unpaired) electrons. The normalized spacial score (nSPS) is 15.3. The van der Waals surface area contributed by atoms with Crippen molar-refractivity contribution in [1.82, 2.24) is 14.9 Å². The molecule has 1 fully saturated rings. The van der Waals surface area contributed by atoms with Gasteiger partial charge in [0.25, 0.3) is 5.91 Å². The fraction of sp³-hybridized carbons (Fsp3) is 0.500. The Morgan fingerprint density at radius 2 is 1.55 bits per heavy atom. The molecule has 16 heteroatoms. The van der Waals surface area contributed by atoms with Crippen molar-refractivity contribution in [3.8, 4) is 23.4 Å². The van der Waals surface area contributed by atoms with Gasteiger partial charge in [0, 0.05) is 24.8 Å². The van der Waals surface area contributed by atoms with E-state index in [-0.39, 0.29) is 11.9 Å². The van der Waals surface area contributed by atoms with Gasteiger partial charge in [-0.3, -0.25) is 14.4 Å². The number of carboxylic acids is 3. The maximum atomic E-state index is 13.0. The first-order valence-corrected chi connectivity index (χ1v) is 13.8. The van der Waals surface area contributed by atoms with Crippen LogP contribution in [0, 0.1) is 0 Å². The standard InChI is InChI=1S/C22H27N3O6.C6H8O7/c1-3-28-19-16(14-23-21(24-19)29-4-2)22(27)7-9-25(10-8-22)20(26)15-5-6-17-18(13-15)31-12-11-30-17;7-3(8)1-6(13,5(11)12)2-4(9)10/h5-6,13-14,27H,3-4,7-12H2,1-2H3;13H,1-2H2,(H,7,8)(H,9,10)(H,11,12). The quantitative estimate of drug-likeness (QED) is 0.235. The van der Waals surface area contributed by atoms with E-state index in [1.807, 2.05) is 13.8 Å². The number of hydrogen-bond acceptors (Lipinski definition) is 12. The lowest BCUT2D eigenvalue weighted by atomic mass is 9.85. The minimum Gasteiger partial charge on any atom is -0.486 e. The van der Waals surface area contributed by atoms with E-state index >= 15 is 0 Å². The lowest BCUT2D eigenvalue weighted by Gasteiger charge is -2.38. The van der Waals surface area contributed by atoms with Crippen LogP contribution in [0.3, 0.4) is 0 Å². The number of nitrogens with zero attached hydrogens (tertiary/aromatic N) is 3. The number of hydrogen-bond donors (Lipinski definition) is 5. The molecule has 0 atom stereocenters. The van der Waals surface area contributed by atoms with E-state index in [9.17, 15) is 24.3 Å². The largest absolute Gasteiger partial charge is 0.486 e. The fourth-order valence-corrected chi connectivity index (χ4v) is 4.54. The minimum absolute atomic E-state index is 0.105. The van der Waals surface area contributed by atoms with Crippen molar-refractivity contribution < 1.29 is 63.7 Å². The summed E-state index contributed by atoms with van der Waals surface area (Å²) in [5, 5.41) is 45.1. The molecule has 1 saturated heterocycles. The number of ether oxygens (including phenoxy) is 4. The summed E-state index contributed by atoms with van der Waals surface area (Å²) in [6.07, 6.45) is -0.0357. The molecule has 16 nitrogen and oxygen atoms in total. The molecule has 0 aliphatic carbocycles. The molecule has 0 saturated carbocycles. The molecule has 2 aliphatic rings. The Morgan fingerprint density at radius 3 is 2.09 bits per heavy atom. The number of carboxylic acid groups (broad SMARTS) is 3. The Bertz CT molecular complexity index is 1340. The first-order valence-electron chi connectivity index (χ1n) is 13.8. The van der Waals surface area contributed by atoms with E-state index in [0.29, 0.717) is 80.9 Å². The van der Waals surface area contributed by atoms with Gasteiger partial charge < -0.3 is 49.4 Å². The Hall–Kier alpha value is -4.70. The summed E-state index contributed by atoms with van der Waals surface area (Å²) < 4.78 is 22.1. The molecule has 4 rings (SSSR count). The molecule has 3 heterocycles. The average molecular weight is 622 g/mol. The number of aromatic nitrogens is 2. The third-order valence-electron chi connectivity index (χ3n) is 6.74. The van der Waals surface area contributed by atoms with Crippen LogP contribution in [0.25, 0.3) is 0 Å².